The van der Waals surface area contributed by atoms with Gasteiger partial charge in [0.05, 0.1) is 5.41 Å². The first kappa shape index (κ1) is 18.8. The van der Waals surface area contributed by atoms with Crippen molar-refractivity contribution in [2.45, 2.75) is 72.3 Å². The van der Waals surface area contributed by atoms with Crippen LogP contribution in [0.2, 0.25) is 0 Å². The number of carbonyl (C=O) groups excluding carboxylic acids is 1. The standard InChI is InChI=1S/C17H31NO4/c1-12(2)7-6-10-17(14(19)20,13-8-9-13)11-18-15(21)22-16(3,4)5/h12-13H,6-11H2,1-5H3,(H,18,21)(H,19,20). The maximum Gasteiger partial charge on any atom is 0.407 e. The lowest BCUT2D eigenvalue weighted by Crippen LogP contribution is -2.46. The molecule has 0 aliphatic heterocycles. The van der Waals surface area contributed by atoms with Crippen molar-refractivity contribution >= 4 is 12.1 Å². The van der Waals surface area contributed by atoms with Gasteiger partial charge in [-0.05, 0) is 51.9 Å². The van der Waals surface area contributed by atoms with E-state index in [9.17, 15) is 14.7 Å². The van der Waals surface area contributed by atoms with Crippen molar-refractivity contribution < 1.29 is 19.4 Å². The van der Waals surface area contributed by atoms with Crippen LogP contribution in [0, 0.1) is 17.3 Å². The smallest absolute Gasteiger partial charge is 0.407 e. The zero-order valence-corrected chi connectivity index (χ0v) is 14.6. The Bertz CT molecular complexity index is 396. The predicted octanol–water partition coefficient (Wildman–Crippen LogP) is 3.82. The molecule has 1 saturated carbocycles. The second-order valence-corrected chi connectivity index (χ2v) is 7.88. The highest BCUT2D eigenvalue weighted by molar-refractivity contribution is 5.77. The van der Waals surface area contributed by atoms with Crippen LogP contribution in [0.25, 0.3) is 0 Å². The summed E-state index contributed by atoms with van der Waals surface area (Å²) >= 11 is 0. The monoisotopic (exact) mass is 313 g/mol. The average molecular weight is 313 g/mol. The quantitative estimate of drug-likeness (QED) is 0.714. The van der Waals surface area contributed by atoms with E-state index in [1.807, 2.05) is 0 Å². The molecule has 128 valence electrons. The number of ether oxygens (including phenoxy) is 1. The number of carbonyl (C=O) groups is 2. The SMILES string of the molecule is CC(C)CCCC(CNC(=O)OC(C)(C)C)(C(=O)O)C1CC1. The summed E-state index contributed by atoms with van der Waals surface area (Å²) in [6.07, 6.45) is 3.82. The van der Waals surface area contributed by atoms with Crippen molar-refractivity contribution in [1.29, 1.82) is 0 Å². The third-order valence-corrected chi connectivity index (χ3v) is 4.14. The summed E-state index contributed by atoms with van der Waals surface area (Å²) in [5.74, 6) is -0.0635. The van der Waals surface area contributed by atoms with Gasteiger partial charge < -0.3 is 15.2 Å². The predicted molar refractivity (Wildman–Crippen MR) is 85.7 cm³/mol. The maximum absolute atomic E-state index is 11.9. The topological polar surface area (TPSA) is 75.6 Å². The molecule has 0 radical (unpaired) electrons. The molecule has 2 N–H and O–H groups in total. The van der Waals surface area contributed by atoms with Crippen molar-refractivity contribution in [2.75, 3.05) is 6.54 Å². The lowest BCUT2D eigenvalue weighted by Gasteiger charge is -2.30. The van der Waals surface area contributed by atoms with E-state index in [2.05, 4.69) is 19.2 Å². The first-order chi connectivity index (χ1) is 10.1. The zero-order valence-electron chi connectivity index (χ0n) is 14.6. The highest BCUT2D eigenvalue weighted by Crippen LogP contribution is 2.48. The second kappa shape index (κ2) is 7.34. The first-order valence-electron chi connectivity index (χ1n) is 8.27. The van der Waals surface area contributed by atoms with Crippen molar-refractivity contribution in [3.05, 3.63) is 0 Å². The molecule has 22 heavy (non-hydrogen) atoms. The van der Waals surface area contributed by atoms with Gasteiger partial charge in [0.1, 0.15) is 5.60 Å². The summed E-state index contributed by atoms with van der Waals surface area (Å²) in [7, 11) is 0. The van der Waals surface area contributed by atoms with E-state index in [1.54, 1.807) is 20.8 Å². The van der Waals surface area contributed by atoms with Gasteiger partial charge in [-0.3, -0.25) is 4.79 Å². The Kier molecular flexibility index (Phi) is 6.27. The minimum Gasteiger partial charge on any atom is -0.481 e. The van der Waals surface area contributed by atoms with Gasteiger partial charge in [-0.1, -0.05) is 26.7 Å². The normalized spacial score (nSPS) is 17.9. The number of alkyl carbamates (subject to hydrolysis) is 1. The molecule has 0 aromatic heterocycles. The molecule has 5 nitrogen and oxygen atoms in total. The molecular weight excluding hydrogens is 282 g/mol. The van der Waals surface area contributed by atoms with Crippen molar-refractivity contribution in [3.8, 4) is 0 Å². The Morgan fingerprint density at radius 3 is 2.27 bits per heavy atom. The van der Waals surface area contributed by atoms with E-state index in [1.165, 1.54) is 0 Å². The van der Waals surface area contributed by atoms with Crippen LogP contribution < -0.4 is 5.32 Å². The van der Waals surface area contributed by atoms with E-state index in [-0.39, 0.29) is 12.5 Å². The second-order valence-electron chi connectivity index (χ2n) is 7.88. The maximum atomic E-state index is 11.9. The number of amides is 1. The third-order valence-electron chi connectivity index (χ3n) is 4.14. The molecule has 0 bridgehead atoms. The van der Waals surface area contributed by atoms with Gasteiger partial charge in [0, 0.05) is 6.54 Å². The molecule has 5 heteroatoms. The van der Waals surface area contributed by atoms with Gasteiger partial charge in [-0.25, -0.2) is 4.79 Å². The molecule has 1 rings (SSSR count). The van der Waals surface area contributed by atoms with Gasteiger partial charge in [0.2, 0.25) is 0 Å². The van der Waals surface area contributed by atoms with Gasteiger partial charge in [0.15, 0.2) is 0 Å². The Morgan fingerprint density at radius 1 is 1.27 bits per heavy atom. The molecule has 1 fully saturated rings. The fraction of sp³-hybridized carbons (Fsp3) is 0.882. The molecule has 1 atom stereocenters. The highest BCUT2D eigenvalue weighted by Gasteiger charge is 2.50. The lowest BCUT2D eigenvalue weighted by molar-refractivity contribution is -0.150. The molecule has 1 aliphatic carbocycles. The van der Waals surface area contributed by atoms with Gasteiger partial charge in [-0.2, -0.15) is 0 Å². The number of rotatable bonds is 8. The minimum absolute atomic E-state index is 0.153. The van der Waals surface area contributed by atoms with Crippen LogP contribution >= 0.6 is 0 Å². The molecule has 0 saturated heterocycles. The van der Waals surface area contributed by atoms with Crippen LogP contribution in [-0.2, 0) is 9.53 Å². The molecule has 1 unspecified atom stereocenters. The van der Waals surface area contributed by atoms with E-state index >= 15 is 0 Å². The number of aliphatic carboxylic acids is 1. The highest BCUT2D eigenvalue weighted by atomic mass is 16.6. The molecule has 0 spiro atoms. The van der Waals surface area contributed by atoms with Crippen molar-refractivity contribution in [1.82, 2.24) is 5.32 Å². The Labute approximate surface area is 133 Å². The summed E-state index contributed by atoms with van der Waals surface area (Å²) in [6, 6.07) is 0. The van der Waals surface area contributed by atoms with Crippen molar-refractivity contribution in [2.24, 2.45) is 17.3 Å². The van der Waals surface area contributed by atoms with E-state index < -0.39 is 23.1 Å². The Morgan fingerprint density at radius 2 is 1.86 bits per heavy atom. The number of nitrogens with one attached hydrogen (secondary N) is 1. The first-order valence-corrected chi connectivity index (χ1v) is 8.27. The van der Waals surface area contributed by atoms with E-state index in [0.29, 0.717) is 12.3 Å². The molecule has 1 amide bonds. The largest absolute Gasteiger partial charge is 0.481 e. The summed E-state index contributed by atoms with van der Waals surface area (Å²) in [5, 5.41) is 12.4. The molecule has 0 heterocycles. The van der Waals surface area contributed by atoms with Gasteiger partial charge in [-0.15, -0.1) is 0 Å². The molecular formula is C17H31NO4. The lowest BCUT2D eigenvalue weighted by atomic mass is 9.77. The number of carboxylic acid groups (broad SMARTS) is 1. The Balaban J connectivity index is 2.65. The minimum atomic E-state index is -0.841. The third kappa shape index (κ3) is 5.85. The van der Waals surface area contributed by atoms with Crippen molar-refractivity contribution in [3.63, 3.8) is 0 Å². The summed E-state index contributed by atoms with van der Waals surface area (Å²) in [4.78, 5) is 23.7. The van der Waals surface area contributed by atoms with Crippen LogP contribution in [0.1, 0.15) is 66.7 Å². The molecule has 1 aliphatic rings. The summed E-state index contributed by atoms with van der Waals surface area (Å²) in [6.45, 7) is 9.80. The fourth-order valence-corrected chi connectivity index (χ4v) is 2.80. The molecule has 0 aromatic carbocycles. The number of hydrogen-bond donors (Lipinski definition) is 2. The molecule has 0 aromatic rings. The fourth-order valence-electron chi connectivity index (χ4n) is 2.80. The summed E-state index contributed by atoms with van der Waals surface area (Å²) in [5.41, 5.74) is -1.42. The van der Waals surface area contributed by atoms with Crippen LogP contribution in [0.5, 0.6) is 0 Å². The van der Waals surface area contributed by atoms with Crippen LogP contribution in [0.4, 0.5) is 4.79 Å². The van der Waals surface area contributed by atoms with Crippen LogP contribution in [-0.4, -0.2) is 29.3 Å². The number of carboxylic acids is 1. The van der Waals surface area contributed by atoms with Gasteiger partial charge in [0.25, 0.3) is 0 Å². The van der Waals surface area contributed by atoms with Crippen LogP contribution in [0.15, 0.2) is 0 Å². The average Bonchev–Trinajstić information content (AvgIpc) is 3.14. The van der Waals surface area contributed by atoms with Gasteiger partial charge >= 0.3 is 12.1 Å². The number of hydrogen-bond acceptors (Lipinski definition) is 3. The zero-order chi connectivity index (χ0) is 17.0. The van der Waals surface area contributed by atoms with E-state index in [0.717, 1.165) is 25.7 Å². The Hall–Kier alpha value is -1.26. The van der Waals surface area contributed by atoms with E-state index in [4.69, 9.17) is 4.74 Å². The van der Waals surface area contributed by atoms with Crippen LogP contribution in [0.3, 0.4) is 0 Å². The summed E-state index contributed by atoms with van der Waals surface area (Å²) < 4.78 is 5.21.